The number of hydrogen-bond acceptors (Lipinski definition) is 7. The van der Waals surface area contributed by atoms with Crippen molar-refractivity contribution in [3.63, 3.8) is 0 Å². The van der Waals surface area contributed by atoms with Gasteiger partial charge in [0.2, 0.25) is 10.4 Å². The van der Waals surface area contributed by atoms with Crippen molar-refractivity contribution in [1.29, 1.82) is 0 Å². The van der Waals surface area contributed by atoms with Gasteiger partial charge in [0.1, 0.15) is 12.6 Å². The Labute approximate surface area is 159 Å². The predicted molar refractivity (Wildman–Crippen MR) is 72.2 cm³/mol. The van der Waals surface area contributed by atoms with Crippen LogP contribution in [0.25, 0.3) is 0 Å². The first kappa shape index (κ1) is 19.0. The van der Waals surface area contributed by atoms with Crippen LogP contribution in [0.4, 0.5) is 9.59 Å². The molecule has 2 N–H and O–H groups in total. The Morgan fingerprint density at radius 2 is 1.96 bits per heavy atom. The molecular weight excluding hydrogens is 353 g/mol. The van der Waals surface area contributed by atoms with Crippen molar-refractivity contribution in [1.82, 2.24) is 9.96 Å². The Balaban J connectivity index is 0.00000208. The molecule has 3 amide bonds. The molecule has 1 aromatic rings. The van der Waals surface area contributed by atoms with Crippen LogP contribution in [-0.2, 0) is 19.4 Å². The van der Waals surface area contributed by atoms with Crippen molar-refractivity contribution < 1.29 is 61.1 Å². The van der Waals surface area contributed by atoms with Gasteiger partial charge in [-0.1, -0.05) is 24.3 Å². The molecule has 12 heteroatoms. The first-order chi connectivity index (χ1) is 10.8. The average Bonchev–Trinajstić information content (AvgIpc) is 2.73. The number of urea groups is 1. The predicted octanol–water partition coefficient (Wildman–Crippen LogP) is -2.99. The van der Waals surface area contributed by atoms with Crippen LogP contribution in [0.2, 0.25) is 0 Å². The number of primary amides is 1. The molecule has 0 radical (unpaired) electrons. The molecule has 2 aliphatic heterocycles. The van der Waals surface area contributed by atoms with E-state index in [2.05, 4.69) is 4.28 Å². The summed E-state index contributed by atoms with van der Waals surface area (Å²) in [6.07, 6.45) is -0.994. The molecule has 3 rings (SSSR count). The fourth-order valence-corrected chi connectivity index (χ4v) is 3.26. The van der Waals surface area contributed by atoms with E-state index in [1.165, 1.54) is 4.90 Å². The van der Waals surface area contributed by atoms with Gasteiger partial charge in [-0.05, 0) is 11.1 Å². The monoisotopic (exact) mass is 365 g/mol. The van der Waals surface area contributed by atoms with Gasteiger partial charge in [0, 0.05) is 0 Å². The molecule has 124 valence electrons. The van der Waals surface area contributed by atoms with Crippen molar-refractivity contribution in [2.45, 2.75) is 12.1 Å². The van der Waals surface area contributed by atoms with Gasteiger partial charge in [-0.2, -0.15) is 9.35 Å². The van der Waals surface area contributed by atoms with Crippen LogP contribution < -0.4 is 35.3 Å². The van der Waals surface area contributed by atoms with E-state index < -0.39 is 34.6 Å². The number of carbonyl (C=O) groups excluding carboxylic acids is 2. The normalized spacial score (nSPS) is 22.0. The maximum atomic E-state index is 12.3. The van der Waals surface area contributed by atoms with Crippen molar-refractivity contribution in [3.05, 3.63) is 35.4 Å². The summed E-state index contributed by atoms with van der Waals surface area (Å²) in [6.45, 7) is -0.0963. The Bertz CT molecular complexity index is 772. The number of fused-ring (bicyclic) bond motifs is 4. The third-order valence-electron chi connectivity index (χ3n) is 3.73. The van der Waals surface area contributed by atoms with Gasteiger partial charge in [-0.25, -0.2) is 18.0 Å². The summed E-state index contributed by atoms with van der Waals surface area (Å²) in [6, 6.07) is 4.63. The van der Waals surface area contributed by atoms with Crippen molar-refractivity contribution in [2.24, 2.45) is 5.73 Å². The maximum Gasteiger partial charge on any atom is 1.00 e. The van der Waals surface area contributed by atoms with Crippen LogP contribution in [0.15, 0.2) is 24.3 Å². The van der Waals surface area contributed by atoms with Crippen LogP contribution in [0.5, 0.6) is 0 Å². The summed E-state index contributed by atoms with van der Waals surface area (Å²) < 4.78 is 41.6. The van der Waals surface area contributed by atoms with E-state index in [-0.39, 0.29) is 42.7 Å². The number of hydrogen-bond donors (Lipinski definition) is 1. The molecule has 0 aliphatic carbocycles. The molecule has 24 heavy (non-hydrogen) atoms. The average molecular weight is 365 g/mol. The zero-order valence-corrected chi connectivity index (χ0v) is 15.4. The quantitative estimate of drug-likeness (QED) is 0.341. The second kappa shape index (κ2) is 6.86. The Hall–Kier alpha value is -1.37. The van der Waals surface area contributed by atoms with Crippen LogP contribution in [0, 0.1) is 0 Å². The largest absolute Gasteiger partial charge is 1.00 e. The van der Waals surface area contributed by atoms with Gasteiger partial charge < -0.3 is 19.9 Å². The minimum atomic E-state index is -5.10. The van der Waals surface area contributed by atoms with E-state index in [4.69, 9.17) is 10.5 Å². The standard InChI is InChI=1S/C12H13N3O7S.Na/c13-11(16)21-6-10-8-4-2-1-3-7(8)9-5-14(10)12(17)15(9)22-23(18,19)20;/h1-4,9-10H,5-6H2,(H2,13,16)(H,18,19,20);/q;+1/p-1/t9-,10-;/m0./s1. The number of amides is 3. The van der Waals surface area contributed by atoms with E-state index in [0.717, 1.165) is 0 Å². The fraction of sp³-hybridized carbons (Fsp3) is 0.333. The maximum absolute atomic E-state index is 12.3. The minimum Gasteiger partial charge on any atom is -0.724 e. The number of ether oxygens (including phenoxy) is 1. The number of nitrogens with zero attached hydrogens (tertiary/aromatic N) is 2. The Morgan fingerprint density at radius 1 is 1.33 bits per heavy atom. The van der Waals surface area contributed by atoms with Gasteiger partial charge in [0.15, 0.2) is 0 Å². The van der Waals surface area contributed by atoms with Gasteiger partial charge in [0.05, 0.1) is 12.6 Å². The molecule has 10 nitrogen and oxygen atoms in total. The first-order valence-electron chi connectivity index (χ1n) is 6.54. The van der Waals surface area contributed by atoms with Crippen molar-refractivity contribution >= 4 is 22.5 Å². The number of benzene rings is 1. The molecule has 2 aliphatic rings. The third kappa shape index (κ3) is 3.50. The summed E-state index contributed by atoms with van der Waals surface area (Å²) in [5.74, 6) is 0. The molecule has 2 bridgehead atoms. The second-order valence-corrected chi connectivity index (χ2v) is 6.00. The van der Waals surface area contributed by atoms with Crippen LogP contribution in [0.3, 0.4) is 0 Å². The fourth-order valence-electron chi connectivity index (χ4n) is 2.89. The van der Waals surface area contributed by atoms with E-state index in [1.807, 2.05) is 0 Å². The smallest absolute Gasteiger partial charge is 0.724 e. The van der Waals surface area contributed by atoms with Crippen LogP contribution >= 0.6 is 0 Å². The van der Waals surface area contributed by atoms with Crippen molar-refractivity contribution in [3.8, 4) is 0 Å². The van der Waals surface area contributed by atoms with Gasteiger partial charge in [-0.15, -0.1) is 0 Å². The topological polar surface area (TPSA) is 142 Å². The molecule has 1 aromatic carbocycles. The third-order valence-corrected chi connectivity index (χ3v) is 4.08. The summed E-state index contributed by atoms with van der Waals surface area (Å²) in [5.41, 5.74) is 6.22. The summed E-state index contributed by atoms with van der Waals surface area (Å²) in [4.78, 5) is 24.4. The van der Waals surface area contributed by atoms with Crippen LogP contribution in [0.1, 0.15) is 23.2 Å². The SMILES string of the molecule is NC(=O)OC[C@H]1c2ccccc2[C@@H]2CN1C(=O)N2OS(=O)(=O)[O-].[Na+]. The van der Waals surface area contributed by atoms with Crippen molar-refractivity contribution in [2.75, 3.05) is 13.2 Å². The van der Waals surface area contributed by atoms with E-state index >= 15 is 0 Å². The van der Waals surface area contributed by atoms with Gasteiger partial charge >= 0.3 is 41.7 Å². The molecular formula is C12H12N3NaO7S. The summed E-state index contributed by atoms with van der Waals surface area (Å²) in [7, 11) is -5.10. The van der Waals surface area contributed by atoms with E-state index in [9.17, 15) is 22.6 Å². The molecule has 0 unspecified atom stereocenters. The molecule has 1 saturated heterocycles. The molecule has 0 aromatic heterocycles. The molecule has 1 fully saturated rings. The molecule has 0 spiro atoms. The van der Waals surface area contributed by atoms with Gasteiger partial charge in [0.25, 0.3) is 0 Å². The van der Waals surface area contributed by atoms with E-state index in [0.29, 0.717) is 16.2 Å². The number of hydroxylamine groups is 2. The second-order valence-electron chi connectivity index (χ2n) is 5.03. The molecule has 2 heterocycles. The molecule has 2 atom stereocenters. The zero-order valence-electron chi connectivity index (χ0n) is 12.6. The number of carbonyl (C=O) groups is 2. The summed E-state index contributed by atoms with van der Waals surface area (Å²) >= 11 is 0. The summed E-state index contributed by atoms with van der Waals surface area (Å²) in [5, 5.41) is 0.533. The Morgan fingerprint density at radius 3 is 2.54 bits per heavy atom. The molecule has 0 saturated carbocycles. The van der Waals surface area contributed by atoms with E-state index in [1.54, 1.807) is 24.3 Å². The number of nitrogens with two attached hydrogens (primary N) is 1. The minimum absolute atomic E-state index is 0. The Kier molecular flexibility index (Phi) is 5.42. The zero-order chi connectivity index (χ0) is 16.8. The van der Waals surface area contributed by atoms with Gasteiger partial charge in [-0.3, -0.25) is 0 Å². The van der Waals surface area contributed by atoms with Crippen LogP contribution in [-0.4, -0.2) is 48.2 Å². The first-order valence-corrected chi connectivity index (χ1v) is 7.87. The number of rotatable bonds is 4.